The van der Waals surface area contributed by atoms with Crippen molar-refractivity contribution in [1.29, 1.82) is 0 Å². The van der Waals surface area contributed by atoms with Gasteiger partial charge in [0.15, 0.2) is 0 Å². The summed E-state index contributed by atoms with van der Waals surface area (Å²) in [6.45, 7) is 6.88. The van der Waals surface area contributed by atoms with Gasteiger partial charge >= 0.3 is 0 Å². The maximum atomic E-state index is 4.49. The second-order valence-corrected chi connectivity index (χ2v) is 6.11. The average Bonchev–Trinajstić information content (AvgIpc) is 2.50. The third-order valence-corrected chi connectivity index (χ3v) is 4.10. The number of hydrogen-bond acceptors (Lipinski definition) is 5. The van der Waals surface area contributed by atoms with Crippen LogP contribution in [0, 0.1) is 6.92 Å². The summed E-state index contributed by atoms with van der Waals surface area (Å²) in [5.41, 5.74) is 1.12. The molecule has 0 bridgehead atoms. The minimum atomic E-state index is 0.828. The van der Waals surface area contributed by atoms with E-state index in [1.807, 2.05) is 31.5 Å². The van der Waals surface area contributed by atoms with Gasteiger partial charge in [-0.1, -0.05) is 0 Å². The van der Waals surface area contributed by atoms with Crippen LogP contribution in [0.3, 0.4) is 0 Å². The fraction of sp³-hybridized carbons (Fsp3) is 0.400. The SMILES string of the molecule is Cc1nccc(N2CCN(Cc3ccc(Br)cn3)CC2)n1. The number of nitrogens with zero attached hydrogens (tertiary/aromatic N) is 5. The molecule has 21 heavy (non-hydrogen) atoms. The highest BCUT2D eigenvalue weighted by Gasteiger charge is 2.18. The van der Waals surface area contributed by atoms with Gasteiger partial charge in [-0.15, -0.1) is 0 Å². The molecular formula is C15H18BrN5. The molecule has 0 amide bonds. The number of hydrogen-bond donors (Lipinski definition) is 0. The molecule has 0 aliphatic carbocycles. The highest BCUT2D eigenvalue weighted by Crippen LogP contribution is 2.15. The van der Waals surface area contributed by atoms with Crippen molar-refractivity contribution in [3.05, 3.63) is 46.6 Å². The van der Waals surface area contributed by atoms with Crippen LogP contribution in [0.1, 0.15) is 11.5 Å². The van der Waals surface area contributed by atoms with Gasteiger partial charge in [0, 0.05) is 49.6 Å². The summed E-state index contributed by atoms with van der Waals surface area (Å²) in [6.07, 6.45) is 3.69. The van der Waals surface area contributed by atoms with Crippen molar-refractivity contribution in [2.75, 3.05) is 31.1 Å². The van der Waals surface area contributed by atoms with Crippen LogP contribution < -0.4 is 4.90 Å². The van der Waals surface area contributed by atoms with Crippen molar-refractivity contribution < 1.29 is 0 Å². The van der Waals surface area contributed by atoms with Crippen LogP contribution >= 0.6 is 15.9 Å². The zero-order valence-electron chi connectivity index (χ0n) is 12.0. The molecule has 1 aliphatic heterocycles. The summed E-state index contributed by atoms with van der Waals surface area (Å²) in [7, 11) is 0. The monoisotopic (exact) mass is 347 g/mol. The molecule has 3 heterocycles. The minimum Gasteiger partial charge on any atom is -0.354 e. The van der Waals surface area contributed by atoms with E-state index in [1.165, 1.54) is 0 Å². The Morgan fingerprint density at radius 3 is 2.57 bits per heavy atom. The quantitative estimate of drug-likeness (QED) is 0.852. The molecule has 0 unspecified atom stereocenters. The number of pyridine rings is 1. The zero-order valence-corrected chi connectivity index (χ0v) is 13.6. The van der Waals surface area contributed by atoms with Crippen LogP contribution in [0.2, 0.25) is 0 Å². The molecule has 2 aromatic rings. The second-order valence-electron chi connectivity index (χ2n) is 5.19. The molecule has 1 saturated heterocycles. The highest BCUT2D eigenvalue weighted by molar-refractivity contribution is 9.10. The largest absolute Gasteiger partial charge is 0.354 e. The Balaban J connectivity index is 1.56. The first-order valence-electron chi connectivity index (χ1n) is 7.08. The first-order valence-corrected chi connectivity index (χ1v) is 7.87. The van der Waals surface area contributed by atoms with Gasteiger partial charge in [0.2, 0.25) is 0 Å². The number of aryl methyl sites for hydroxylation is 1. The lowest BCUT2D eigenvalue weighted by Gasteiger charge is -2.35. The lowest BCUT2D eigenvalue weighted by atomic mass is 10.2. The van der Waals surface area contributed by atoms with E-state index in [4.69, 9.17) is 0 Å². The molecule has 110 valence electrons. The van der Waals surface area contributed by atoms with E-state index in [2.05, 4.69) is 46.7 Å². The van der Waals surface area contributed by atoms with E-state index in [-0.39, 0.29) is 0 Å². The predicted molar refractivity (Wildman–Crippen MR) is 86.2 cm³/mol. The third-order valence-electron chi connectivity index (χ3n) is 3.63. The van der Waals surface area contributed by atoms with E-state index < -0.39 is 0 Å². The van der Waals surface area contributed by atoms with Crippen molar-refractivity contribution in [2.45, 2.75) is 13.5 Å². The van der Waals surface area contributed by atoms with Gasteiger partial charge in [-0.3, -0.25) is 9.88 Å². The molecule has 1 fully saturated rings. The predicted octanol–water partition coefficient (Wildman–Crippen LogP) is 2.26. The molecule has 0 spiro atoms. The number of rotatable bonds is 3. The van der Waals surface area contributed by atoms with Gasteiger partial charge in [0.25, 0.3) is 0 Å². The molecule has 0 aromatic carbocycles. The zero-order chi connectivity index (χ0) is 14.7. The molecule has 3 rings (SSSR count). The molecule has 0 atom stereocenters. The van der Waals surface area contributed by atoms with E-state index in [9.17, 15) is 0 Å². The molecule has 1 aliphatic rings. The summed E-state index contributed by atoms with van der Waals surface area (Å²) in [4.78, 5) is 17.8. The smallest absolute Gasteiger partial charge is 0.132 e. The van der Waals surface area contributed by atoms with Gasteiger partial charge in [0.1, 0.15) is 11.6 Å². The van der Waals surface area contributed by atoms with E-state index in [0.29, 0.717) is 0 Å². The van der Waals surface area contributed by atoms with Crippen LogP contribution in [0.4, 0.5) is 5.82 Å². The summed E-state index contributed by atoms with van der Waals surface area (Å²) < 4.78 is 1.02. The fourth-order valence-corrected chi connectivity index (χ4v) is 2.72. The standard InChI is InChI=1S/C15H18BrN5/c1-12-17-5-4-15(19-12)21-8-6-20(7-9-21)11-14-3-2-13(16)10-18-14/h2-5,10H,6-9,11H2,1H3. The third kappa shape index (κ3) is 3.77. The Hall–Kier alpha value is -1.53. The van der Waals surface area contributed by atoms with Gasteiger partial charge in [0.05, 0.1) is 5.69 Å². The number of halogens is 1. The summed E-state index contributed by atoms with van der Waals surface area (Å²) in [6, 6.07) is 6.10. The van der Waals surface area contributed by atoms with Crippen LogP contribution in [0.15, 0.2) is 35.1 Å². The normalized spacial score (nSPS) is 16.2. The number of anilines is 1. The van der Waals surface area contributed by atoms with Gasteiger partial charge in [-0.05, 0) is 41.1 Å². The van der Waals surface area contributed by atoms with Crippen LogP contribution in [0.25, 0.3) is 0 Å². The van der Waals surface area contributed by atoms with E-state index in [0.717, 1.165) is 54.5 Å². The van der Waals surface area contributed by atoms with Crippen molar-refractivity contribution in [1.82, 2.24) is 19.9 Å². The van der Waals surface area contributed by atoms with Crippen molar-refractivity contribution in [3.8, 4) is 0 Å². The maximum Gasteiger partial charge on any atom is 0.132 e. The lowest BCUT2D eigenvalue weighted by molar-refractivity contribution is 0.246. The average molecular weight is 348 g/mol. The van der Waals surface area contributed by atoms with Crippen LogP contribution in [-0.2, 0) is 6.54 Å². The summed E-state index contributed by atoms with van der Waals surface area (Å²) in [5, 5.41) is 0. The lowest BCUT2D eigenvalue weighted by Crippen LogP contribution is -2.46. The Morgan fingerprint density at radius 2 is 1.90 bits per heavy atom. The van der Waals surface area contributed by atoms with E-state index >= 15 is 0 Å². The Kier molecular flexibility index (Phi) is 4.45. The number of piperazine rings is 1. The van der Waals surface area contributed by atoms with E-state index in [1.54, 1.807) is 0 Å². The van der Waals surface area contributed by atoms with Crippen LogP contribution in [-0.4, -0.2) is 46.0 Å². The first kappa shape index (κ1) is 14.4. The van der Waals surface area contributed by atoms with Crippen LogP contribution in [0.5, 0.6) is 0 Å². The van der Waals surface area contributed by atoms with Crippen molar-refractivity contribution >= 4 is 21.7 Å². The first-order chi connectivity index (χ1) is 10.2. The summed E-state index contributed by atoms with van der Waals surface area (Å²) >= 11 is 3.42. The minimum absolute atomic E-state index is 0.828. The van der Waals surface area contributed by atoms with Gasteiger partial charge in [-0.25, -0.2) is 9.97 Å². The highest BCUT2D eigenvalue weighted by atomic mass is 79.9. The maximum absolute atomic E-state index is 4.49. The molecule has 6 heteroatoms. The second kappa shape index (κ2) is 6.49. The molecule has 5 nitrogen and oxygen atoms in total. The number of aromatic nitrogens is 3. The Bertz CT molecular complexity index is 593. The molecule has 2 aromatic heterocycles. The molecular weight excluding hydrogens is 330 g/mol. The Morgan fingerprint density at radius 1 is 1.10 bits per heavy atom. The van der Waals surface area contributed by atoms with Gasteiger partial charge in [-0.2, -0.15) is 0 Å². The van der Waals surface area contributed by atoms with Gasteiger partial charge < -0.3 is 4.90 Å². The molecule has 0 radical (unpaired) electrons. The van der Waals surface area contributed by atoms with Crippen molar-refractivity contribution in [2.24, 2.45) is 0 Å². The fourth-order valence-electron chi connectivity index (χ4n) is 2.48. The van der Waals surface area contributed by atoms with Crippen molar-refractivity contribution in [3.63, 3.8) is 0 Å². The summed E-state index contributed by atoms with van der Waals surface area (Å²) in [5.74, 6) is 1.86. The molecule has 0 N–H and O–H groups in total. The topological polar surface area (TPSA) is 45.2 Å². The Labute approximate surface area is 133 Å². The molecule has 0 saturated carbocycles.